The van der Waals surface area contributed by atoms with Crippen molar-refractivity contribution < 1.29 is 19.4 Å². The summed E-state index contributed by atoms with van der Waals surface area (Å²) in [6, 6.07) is 0. The van der Waals surface area contributed by atoms with Gasteiger partial charge in [0.15, 0.2) is 0 Å². The predicted octanol–water partition coefficient (Wildman–Crippen LogP) is 0.346. The number of hydrogen-bond acceptors (Lipinski definition) is 3. The smallest absolute Gasteiger partial charge is 0.307 e. The van der Waals surface area contributed by atoms with Gasteiger partial charge in [-0.2, -0.15) is 0 Å². The number of carboxylic acid groups (broad SMARTS) is 1. The van der Waals surface area contributed by atoms with E-state index in [1.165, 1.54) is 0 Å². The van der Waals surface area contributed by atoms with Gasteiger partial charge in [-0.1, -0.05) is 0 Å². The molecule has 0 aromatic rings. The van der Waals surface area contributed by atoms with Gasteiger partial charge in [0.2, 0.25) is 5.91 Å². The summed E-state index contributed by atoms with van der Waals surface area (Å²) in [7, 11) is 0. The minimum absolute atomic E-state index is 0.00384. The normalized spacial score (nSPS) is 30.4. The molecular weight excluding hydrogens is 210 g/mol. The van der Waals surface area contributed by atoms with Crippen LogP contribution in [0.3, 0.4) is 0 Å². The Bertz CT molecular complexity index is 284. The van der Waals surface area contributed by atoms with Gasteiger partial charge in [-0.25, -0.2) is 0 Å². The molecule has 1 saturated heterocycles. The minimum Gasteiger partial charge on any atom is -0.481 e. The largest absolute Gasteiger partial charge is 0.481 e. The number of ether oxygens (including phenoxy) is 1. The second-order valence-electron chi connectivity index (χ2n) is 4.42. The fourth-order valence-electron chi connectivity index (χ4n) is 2.29. The van der Waals surface area contributed by atoms with Crippen molar-refractivity contribution >= 4 is 11.9 Å². The molecule has 0 aromatic carbocycles. The Hall–Kier alpha value is -1.10. The monoisotopic (exact) mass is 227 g/mol. The zero-order chi connectivity index (χ0) is 11.5. The summed E-state index contributed by atoms with van der Waals surface area (Å²) < 4.78 is 5.27. The highest BCUT2D eigenvalue weighted by atomic mass is 16.5. The van der Waals surface area contributed by atoms with Crippen molar-refractivity contribution in [1.82, 2.24) is 4.90 Å². The summed E-state index contributed by atoms with van der Waals surface area (Å²) >= 11 is 0. The molecule has 1 aliphatic carbocycles. The molecule has 1 N–H and O–H groups in total. The Balaban J connectivity index is 1.93. The summed E-state index contributed by atoms with van der Waals surface area (Å²) in [5.74, 6) is -1.59. The SMILES string of the molecule is O=C(O)C1CCC1C(=O)N1CCCOCC1. The number of hydrogen-bond donors (Lipinski definition) is 1. The summed E-state index contributed by atoms with van der Waals surface area (Å²) in [5.41, 5.74) is 0. The summed E-state index contributed by atoms with van der Waals surface area (Å²) in [6.07, 6.45) is 2.19. The van der Waals surface area contributed by atoms with Gasteiger partial charge in [0, 0.05) is 19.7 Å². The summed E-state index contributed by atoms with van der Waals surface area (Å²) in [5, 5.41) is 8.91. The fraction of sp³-hybridized carbons (Fsp3) is 0.818. The Morgan fingerprint density at radius 3 is 2.50 bits per heavy atom. The maximum Gasteiger partial charge on any atom is 0.307 e. The Labute approximate surface area is 94.4 Å². The first-order chi connectivity index (χ1) is 7.70. The molecule has 1 aliphatic heterocycles. The number of carboxylic acids is 1. The van der Waals surface area contributed by atoms with Crippen LogP contribution in [0.4, 0.5) is 0 Å². The molecule has 1 heterocycles. The third kappa shape index (κ3) is 2.19. The predicted molar refractivity (Wildman–Crippen MR) is 55.9 cm³/mol. The topological polar surface area (TPSA) is 66.8 Å². The molecular formula is C11H17NO4. The van der Waals surface area contributed by atoms with Crippen LogP contribution >= 0.6 is 0 Å². The lowest BCUT2D eigenvalue weighted by Gasteiger charge is -2.35. The van der Waals surface area contributed by atoms with Crippen molar-refractivity contribution in [2.45, 2.75) is 19.3 Å². The van der Waals surface area contributed by atoms with E-state index in [1.54, 1.807) is 4.90 Å². The Kier molecular flexibility index (Phi) is 3.43. The molecule has 16 heavy (non-hydrogen) atoms. The van der Waals surface area contributed by atoms with Gasteiger partial charge in [0.05, 0.1) is 18.4 Å². The van der Waals surface area contributed by atoms with Gasteiger partial charge in [-0.3, -0.25) is 9.59 Å². The molecule has 0 spiro atoms. The van der Waals surface area contributed by atoms with Crippen LogP contribution in [0, 0.1) is 11.8 Å². The number of nitrogens with zero attached hydrogens (tertiary/aromatic N) is 1. The molecule has 2 atom stereocenters. The van der Waals surface area contributed by atoms with Gasteiger partial charge in [-0.15, -0.1) is 0 Å². The zero-order valence-electron chi connectivity index (χ0n) is 9.22. The van der Waals surface area contributed by atoms with Crippen molar-refractivity contribution in [1.29, 1.82) is 0 Å². The first-order valence-electron chi connectivity index (χ1n) is 5.79. The molecule has 1 amide bonds. The average molecular weight is 227 g/mol. The van der Waals surface area contributed by atoms with Gasteiger partial charge in [-0.05, 0) is 19.3 Å². The zero-order valence-corrected chi connectivity index (χ0v) is 9.22. The second-order valence-corrected chi connectivity index (χ2v) is 4.42. The molecule has 5 nitrogen and oxygen atoms in total. The Morgan fingerprint density at radius 2 is 1.88 bits per heavy atom. The molecule has 2 fully saturated rings. The van der Waals surface area contributed by atoms with E-state index in [2.05, 4.69) is 0 Å². The standard InChI is InChI=1S/C11H17NO4/c13-10(8-2-3-9(8)11(14)15)12-4-1-6-16-7-5-12/h8-9H,1-7H2,(H,14,15). The molecule has 90 valence electrons. The highest BCUT2D eigenvalue weighted by molar-refractivity contribution is 5.86. The maximum atomic E-state index is 12.1. The third-order valence-corrected chi connectivity index (χ3v) is 3.44. The molecule has 2 rings (SSSR count). The van der Waals surface area contributed by atoms with Crippen LogP contribution in [0.5, 0.6) is 0 Å². The summed E-state index contributed by atoms with van der Waals surface area (Å²) in [6.45, 7) is 2.55. The Morgan fingerprint density at radius 1 is 1.12 bits per heavy atom. The first kappa shape index (κ1) is 11.4. The van der Waals surface area contributed by atoms with Crippen LogP contribution in [0.2, 0.25) is 0 Å². The second kappa shape index (κ2) is 4.82. The lowest BCUT2D eigenvalue weighted by Crippen LogP contribution is -2.46. The number of rotatable bonds is 2. The van der Waals surface area contributed by atoms with E-state index in [0.29, 0.717) is 39.1 Å². The van der Waals surface area contributed by atoms with E-state index in [1.807, 2.05) is 0 Å². The highest BCUT2D eigenvalue weighted by Crippen LogP contribution is 2.35. The molecule has 1 saturated carbocycles. The number of aliphatic carboxylic acids is 1. The van der Waals surface area contributed by atoms with Crippen LogP contribution in [0.25, 0.3) is 0 Å². The maximum absolute atomic E-state index is 12.1. The van der Waals surface area contributed by atoms with Gasteiger partial charge in [0.1, 0.15) is 0 Å². The molecule has 5 heteroatoms. The van der Waals surface area contributed by atoms with Crippen molar-refractivity contribution in [3.63, 3.8) is 0 Å². The van der Waals surface area contributed by atoms with E-state index >= 15 is 0 Å². The van der Waals surface area contributed by atoms with Gasteiger partial charge < -0.3 is 14.7 Å². The van der Waals surface area contributed by atoms with Gasteiger partial charge in [0.25, 0.3) is 0 Å². The third-order valence-electron chi connectivity index (χ3n) is 3.44. The first-order valence-corrected chi connectivity index (χ1v) is 5.79. The van der Waals surface area contributed by atoms with Gasteiger partial charge >= 0.3 is 5.97 Å². The molecule has 2 unspecified atom stereocenters. The molecule has 0 bridgehead atoms. The van der Waals surface area contributed by atoms with E-state index < -0.39 is 11.9 Å². The lowest BCUT2D eigenvalue weighted by atomic mass is 9.73. The van der Waals surface area contributed by atoms with Crippen LogP contribution in [0.15, 0.2) is 0 Å². The van der Waals surface area contributed by atoms with E-state index in [9.17, 15) is 9.59 Å². The minimum atomic E-state index is -0.837. The quantitative estimate of drug-likeness (QED) is 0.739. The number of carbonyl (C=O) groups is 2. The highest BCUT2D eigenvalue weighted by Gasteiger charge is 2.43. The van der Waals surface area contributed by atoms with Crippen LogP contribution in [-0.2, 0) is 14.3 Å². The fourth-order valence-corrected chi connectivity index (χ4v) is 2.29. The van der Waals surface area contributed by atoms with E-state index in [4.69, 9.17) is 9.84 Å². The van der Waals surface area contributed by atoms with Crippen molar-refractivity contribution in [3.05, 3.63) is 0 Å². The lowest BCUT2D eigenvalue weighted by molar-refractivity contribution is -0.156. The van der Waals surface area contributed by atoms with Crippen LogP contribution in [0.1, 0.15) is 19.3 Å². The van der Waals surface area contributed by atoms with Crippen LogP contribution in [-0.4, -0.2) is 48.2 Å². The summed E-state index contributed by atoms with van der Waals surface area (Å²) in [4.78, 5) is 24.7. The molecule has 0 aromatic heterocycles. The van der Waals surface area contributed by atoms with Crippen molar-refractivity contribution in [3.8, 4) is 0 Å². The van der Waals surface area contributed by atoms with Crippen molar-refractivity contribution in [2.24, 2.45) is 11.8 Å². The van der Waals surface area contributed by atoms with E-state index in [-0.39, 0.29) is 11.8 Å². The van der Waals surface area contributed by atoms with E-state index in [0.717, 1.165) is 6.42 Å². The number of amides is 1. The molecule has 2 aliphatic rings. The number of carbonyl (C=O) groups excluding carboxylic acids is 1. The van der Waals surface area contributed by atoms with Crippen LogP contribution < -0.4 is 0 Å². The average Bonchev–Trinajstić information content (AvgIpc) is 2.42. The van der Waals surface area contributed by atoms with Crippen molar-refractivity contribution in [2.75, 3.05) is 26.3 Å². The molecule has 0 radical (unpaired) electrons.